The van der Waals surface area contributed by atoms with E-state index in [1.807, 2.05) is 11.5 Å². The molecule has 34 heavy (non-hydrogen) atoms. The summed E-state index contributed by atoms with van der Waals surface area (Å²) < 4.78 is 36.1. The third-order valence-corrected chi connectivity index (χ3v) is 9.35. The molecule has 1 amide bonds. The normalized spacial score (nSPS) is 21.0. The summed E-state index contributed by atoms with van der Waals surface area (Å²) in [7, 11) is -3.98. The molecule has 1 atom stereocenters. The lowest BCUT2D eigenvalue weighted by Crippen LogP contribution is -2.47. The zero-order valence-corrected chi connectivity index (χ0v) is 22.0. The number of nitrogens with one attached hydrogen (secondary N) is 1. The van der Waals surface area contributed by atoms with E-state index in [1.54, 1.807) is 20.8 Å². The minimum absolute atomic E-state index is 0.0198. The van der Waals surface area contributed by atoms with Crippen molar-refractivity contribution < 1.29 is 22.7 Å². The number of carbonyl (C=O) groups excluding carboxylic acids is 2. The predicted octanol–water partition coefficient (Wildman–Crippen LogP) is 3.93. The Labute approximate surface area is 204 Å². The average Bonchev–Trinajstić information content (AvgIpc) is 3.05. The molecule has 0 radical (unpaired) electrons. The Hall–Kier alpha value is -1.87. The lowest BCUT2D eigenvalue weighted by atomic mass is 9.94. The van der Waals surface area contributed by atoms with Gasteiger partial charge in [-0.3, -0.25) is 4.79 Å². The summed E-state index contributed by atoms with van der Waals surface area (Å²) in [5, 5.41) is 3.21. The molecule has 2 heterocycles. The van der Waals surface area contributed by atoms with Crippen LogP contribution in [0.2, 0.25) is 0 Å². The Bertz CT molecular complexity index is 977. The van der Waals surface area contributed by atoms with E-state index < -0.39 is 16.0 Å². The second-order valence-corrected chi connectivity index (χ2v) is 11.5. The van der Waals surface area contributed by atoms with Crippen LogP contribution in [0.5, 0.6) is 0 Å². The monoisotopic (exact) mass is 495 g/mol. The first-order valence-electron chi connectivity index (χ1n) is 12.9. The first-order valence-corrected chi connectivity index (χ1v) is 14.3. The highest BCUT2D eigenvalue weighted by Gasteiger charge is 2.39. The van der Waals surface area contributed by atoms with Gasteiger partial charge in [-0.25, -0.2) is 13.2 Å². The maximum atomic E-state index is 13.8. The van der Waals surface area contributed by atoms with E-state index in [9.17, 15) is 18.0 Å². The molecule has 2 aliphatic rings. The van der Waals surface area contributed by atoms with Crippen LogP contribution in [0.25, 0.3) is 0 Å². The highest BCUT2D eigenvalue weighted by atomic mass is 32.2. The van der Waals surface area contributed by atoms with E-state index in [-0.39, 0.29) is 41.5 Å². The Kier molecular flexibility index (Phi) is 9.20. The van der Waals surface area contributed by atoms with Gasteiger partial charge in [0.1, 0.15) is 10.5 Å². The molecule has 1 saturated carbocycles. The van der Waals surface area contributed by atoms with Gasteiger partial charge in [-0.05, 0) is 53.4 Å². The topological polar surface area (TPSA) is 97.7 Å². The highest BCUT2D eigenvalue weighted by Crippen LogP contribution is 2.32. The number of ether oxygens (including phenoxy) is 1. The maximum absolute atomic E-state index is 13.8. The predicted molar refractivity (Wildman–Crippen MR) is 131 cm³/mol. The fourth-order valence-corrected chi connectivity index (χ4v) is 7.49. The standard InChI is InChI=1S/C25H41N3O5S/c1-5-28-18(3)22(25(30)33-6-2)23(19(28)4)34(31,32)27-16-12-13-20(17-27)24(29)26-21-14-10-8-7-9-11-15-21/h20-21H,5-17H2,1-4H3,(H,26,29)/t20-/m0/s1. The number of carbonyl (C=O) groups is 2. The maximum Gasteiger partial charge on any atom is 0.341 e. The van der Waals surface area contributed by atoms with Crippen LogP contribution in [-0.2, 0) is 26.1 Å². The molecule has 1 aromatic rings. The van der Waals surface area contributed by atoms with Gasteiger partial charge in [0.25, 0.3) is 0 Å². The number of hydrogen-bond donors (Lipinski definition) is 1. The van der Waals surface area contributed by atoms with Gasteiger partial charge < -0.3 is 14.6 Å². The molecule has 192 valence electrons. The van der Waals surface area contributed by atoms with E-state index in [0.29, 0.717) is 37.3 Å². The Morgan fingerprint density at radius 1 is 0.971 bits per heavy atom. The molecular weight excluding hydrogens is 454 g/mol. The van der Waals surface area contributed by atoms with E-state index in [4.69, 9.17) is 4.74 Å². The van der Waals surface area contributed by atoms with Gasteiger partial charge >= 0.3 is 5.97 Å². The van der Waals surface area contributed by atoms with E-state index in [1.165, 1.54) is 23.6 Å². The van der Waals surface area contributed by atoms with Crippen molar-refractivity contribution in [2.24, 2.45) is 5.92 Å². The summed E-state index contributed by atoms with van der Waals surface area (Å²) >= 11 is 0. The number of sulfonamides is 1. The molecule has 9 heteroatoms. The summed E-state index contributed by atoms with van der Waals surface area (Å²) in [6, 6.07) is 0.179. The van der Waals surface area contributed by atoms with Gasteiger partial charge in [-0.1, -0.05) is 32.1 Å². The second-order valence-electron chi connectivity index (χ2n) is 9.59. The fraction of sp³-hybridized carbons (Fsp3) is 0.760. The Balaban J connectivity index is 1.83. The van der Waals surface area contributed by atoms with Crippen LogP contribution in [0.4, 0.5) is 0 Å². The van der Waals surface area contributed by atoms with Crippen molar-refractivity contribution in [2.45, 2.75) is 103 Å². The van der Waals surface area contributed by atoms with Crippen LogP contribution in [0.1, 0.15) is 93.4 Å². The molecule has 0 bridgehead atoms. The van der Waals surface area contributed by atoms with Crippen molar-refractivity contribution >= 4 is 21.9 Å². The van der Waals surface area contributed by atoms with E-state index >= 15 is 0 Å². The average molecular weight is 496 g/mol. The van der Waals surface area contributed by atoms with Crippen LogP contribution >= 0.6 is 0 Å². The number of nitrogens with zero attached hydrogens (tertiary/aromatic N) is 2. The second kappa shape index (κ2) is 11.7. The van der Waals surface area contributed by atoms with Gasteiger partial charge in [-0.15, -0.1) is 0 Å². The molecule has 8 nitrogen and oxygen atoms in total. The van der Waals surface area contributed by atoms with Gasteiger partial charge in [0.05, 0.1) is 12.5 Å². The molecule has 1 aromatic heterocycles. The van der Waals surface area contributed by atoms with Crippen molar-refractivity contribution in [2.75, 3.05) is 19.7 Å². The molecule has 2 fully saturated rings. The lowest BCUT2D eigenvalue weighted by Gasteiger charge is -2.32. The summed E-state index contributed by atoms with van der Waals surface area (Å²) in [5.74, 6) is -1.05. The van der Waals surface area contributed by atoms with Crippen molar-refractivity contribution in [3.05, 3.63) is 17.0 Å². The van der Waals surface area contributed by atoms with Crippen molar-refractivity contribution in [3.63, 3.8) is 0 Å². The lowest BCUT2D eigenvalue weighted by molar-refractivity contribution is -0.126. The SMILES string of the molecule is CCOC(=O)c1c(S(=O)(=O)N2CCC[C@H](C(=O)NC3CCCCCCC3)C2)c(C)n(CC)c1C. The van der Waals surface area contributed by atoms with Crippen molar-refractivity contribution in [1.82, 2.24) is 14.2 Å². The number of rotatable bonds is 7. The number of aromatic nitrogens is 1. The van der Waals surface area contributed by atoms with Gasteiger partial charge in [0, 0.05) is 37.1 Å². The minimum Gasteiger partial charge on any atom is -0.462 e. The van der Waals surface area contributed by atoms with Crippen molar-refractivity contribution in [1.29, 1.82) is 0 Å². The molecular formula is C25H41N3O5S. The molecule has 1 N–H and O–H groups in total. The van der Waals surface area contributed by atoms with E-state index in [0.717, 1.165) is 25.7 Å². The molecule has 0 unspecified atom stereocenters. The number of amides is 1. The third kappa shape index (κ3) is 5.67. The summed E-state index contributed by atoms with van der Waals surface area (Å²) in [6.07, 6.45) is 9.20. The first-order chi connectivity index (χ1) is 16.2. The van der Waals surface area contributed by atoms with E-state index in [2.05, 4.69) is 5.32 Å². The number of esters is 1. The van der Waals surface area contributed by atoms with Gasteiger partial charge in [-0.2, -0.15) is 4.31 Å². The summed E-state index contributed by atoms with van der Waals surface area (Å²) in [6.45, 7) is 8.30. The fourth-order valence-electron chi connectivity index (χ4n) is 5.51. The molecule has 0 spiro atoms. The summed E-state index contributed by atoms with van der Waals surface area (Å²) in [5.41, 5.74) is 1.24. The van der Waals surface area contributed by atoms with Crippen LogP contribution in [0.15, 0.2) is 4.90 Å². The van der Waals surface area contributed by atoms with Crippen LogP contribution in [-0.4, -0.2) is 54.9 Å². The molecule has 0 aromatic carbocycles. The zero-order valence-electron chi connectivity index (χ0n) is 21.2. The molecule has 1 saturated heterocycles. The molecule has 3 rings (SSSR count). The summed E-state index contributed by atoms with van der Waals surface area (Å²) in [4.78, 5) is 25.9. The smallest absolute Gasteiger partial charge is 0.341 e. The van der Waals surface area contributed by atoms with Crippen LogP contribution in [0, 0.1) is 19.8 Å². The Morgan fingerprint density at radius 2 is 1.62 bits per heavy atom. The number of hydrogen-bond acceptors (Lipinski definition) is 5. The third-order valence-electron chi connectivity index (χ3n) is 7.33. The quantitative estimate of drug-likeness (QED) is 0.578. The molecule has 1 aliphatic heterocycles. The highest BCUT2D eigenvalue weighted by molar-refractivity contribution is 7.89. The van der Waals surface area contributed by atoms with Crippen LogP contribution < -0.4 is 5.32 Å². The largest absolute Gasteiger partial charge is 0.462 e. The number of piperidine rings is 1. The molecule has 1 aliphatic carbocycles. The van der Waals surface area contributed by atoms with Gasteiger partial charge in [0.2, 0.25) is 15.9 Å². The van der Waals surface area contributed by atoms with Crippen molar-refractivity contribution in [3.8, 4) is 0 Å². The minimum atomic E-state index is -3.98. The van der Waals surface area contributed by atoms with Gasteiger partial charge in [0.15, 0.2) is 0 Å². The van der Waals surface area contributed by atoms with Crippen LogP contribution in [0.3, 0.4) is 0 Å². The Morgan fingerprint density at radius 3 is 2.24 bits per heavy atom. The first kappa shape index (κ1) is 26.7. The zero-order chi connectivity index (χ0) is 24.9.